The third kappa shape index (κ3) is 5.32. The van der Waals surface area contributed by atoms with Gasteiger partial charge in [-0.2, -0.15) is 0 Å². The van der Waals surface area contributed by atoms with Gasteiger partial charge in [-0.15, -0.1) is 5.10 Å². The van der Waals surface area contributed by atoms with Gasteiger partial charge in [0.25, 0.3) is 5.91 Å². The van der Waals surface area contributed by atoms with Gasteiger partial charge in [0.2, 0.25) is 0 Å². The minimum absolute atomic E-state index is 0.0526. The van der Waals surface area contributed by atoms with Gasteiger partial charge in [-0.1, -0.05) is 29.8 Å². The Morgan fingerprint density at radius 2 is 1.90 bits per heavy atom. The molecule has 0 spiro atoms. The highest BCUT2D eigenvalue weighted by Crippen LogP contribution is 2.25. The Labute approximate surface area is 181 Å². The molecule has 1 fully saturated rings. The molecule has 1 aliphatic rings. The van der Waals surface area contributed by atoms with Crippen LogP contribution in [0.5, 0.6) is 0 Å². The van der Waals surface area contributed by atoms with E-state index in [0.717, 1.165) is 24.2 Å². The van der Waals surface area contributed by atoms with Crippen LogP contribution in [0.1, 0.15) is 35.7 Å². The fraction of sp³-hybridized carbons (Fsp3) is 0.391. The number of hydrogen-bond acceptors (Lipinski definition) is 5. The van der Waals surface area contributed by atoms with Crippen LogP contribution in [0.2, 0.25) is 0 Å². The highest BCUT2D eigenvalue weighted by Gasteiger charge is 2.21. The van der Waals surface area contributed by atoms with Crippen molar-refractivity contribution in [2.45, 2.75) is 38.9 Å². The standard InChI is InChI=1S/C23H27FN6O/c1-16-3-5-18(6-4-16)19-11-20(13-22(12-19)30-15-25-27-28-30)23(31)26-17(2)14-29-9-7-21(24)8-10-29/h3-6,11-13,15,17,21H,7-10,14H2,1-2H3,(H,26,31)/t17-/m1/s1. The molecule has 3 aromatic rings. The normalized spacial score (nSPS) is 16.2. The number of nitrogens with one attached hydrogen (secondary N) is 1. The van der Waals surface area contributed by atoms with Crippen molar-refractivity contribution in [3.05, 3.63) is 59.9 Å². The van der Waals surface area contributed by atoms with Gasteiger partial charge in [0.15, 0.2) is 0 Å². The summed E-state index contributed by atoms with van der Waals surface area (Å²) in [5.74, 6) is -0.156. The number of halogens is 1. The summed E-state index contributed by atoms with van der Waals surface area (Å²) in [4.78, 5) is 15.3. The molecule has 0 aliphatic carbocycles. The number of aryl methyl sites for hydroxylation is 1. The number of piperidine rings is 1. The lowest BCUT2D eigenvalue weighted by atomic mass is 10.0. The number of rotatable bonds is 6. The Bertz CT molecular complexity index is 1010. The molecular formula is C23H27FN6O. The van der Waals surface area contributed by atoms with Crippen LogP contribution in [0.4, 0.5) is 4.39 Å². The molecule has 1 aromatic heterocycles. The van der Waals surface area contributed by atoms with Crippen LogP contribution in [0.25, 0.3) is 16.8 Å². The van der Waals surface area contributed by atoms with Gasteiger partial charge >= 0.3 is 0 Å². The first kappa shape index (κ1) is 21.1. The van der Waals surface area contributed by atoms with Gasteiger partial charge in [-0.25, -0.2) is 9.07 Å². The highest BCUT2D eigenvalue weighted by molar-refractivity contribution is 5.96. The van der Waals surface area contributed by atoms with E-state index in [-0.39, 0.29) is 11.9 Å². The third-order valence-electron chi connectivity index (χ3n) is 5.61. The smallest absolute Gasteiger partial charge is 0.251 e. The SMILES string of the molecule is Cc1ccc(-c2cc(C(=O)N[C@H](C)CN3CCC(F)CC3)cc(-n3cnnn3)c2)cc1. The molecule has 0 radical (unpaired) electrons. The van der Waals surface area contributed by atoms with Crippen LogP contribution in [-0.2, 0) is 0 Å². The molecule has 31 heavy (non-hydrogen) atoms. The topological polar surface area (TPSA) is 75.9 Å². The minimum Gasteiger partial charge on any atom is -0.348 e. The fourth-order valence-electron chi connectivity index (χ4n) is 3.89. The number of carbonyl (C=O) groups excluding carboxylic acids is 1. The van der Waals surface area contributed by atoms with Crippen LogP contribution in [0.15, 0.2) is 48.8 Å². The van der Waals surface area contributed by atoms with E-state index >= 15 is 0 Å². The predicted octanol–water partition coefficient (Wildman–Crippen LogP) is 3.19. The zero-order valence-electron chi connectivity index (χ0n) is 17.8. The van der Waals surface area contributed by atoms with Crippen LogP contribution in [0.3, 0.4) is 0 Å². The van der Waals surface area contributed by atoms with E-state index in [9.17, 15) is 9.18 Å². The summed E-state index contributed by atoms with van der Waals surface area (Å²) in [7, 11) is 0. The molecule has 0 unspecified atom stereocenters. The number of hydrogen-bond donors (Lipinski definition) is 1. The molecule has 1 N–H and O–H groups in total. The molecule has 2 aromatic carbocycles. The Balaban J connectivity index is 1.54. The highest BCUT2D eigenvalue weighted by atomic mass is 19.1. The number of nitrogens with zero attached hydrogens (tertiary/aromatic N) is 5. The molecule has 0 bridgehead atoms. The van der Waals surface area contributed by atoms with Gasteiger partial charge in [-0.3, -0.25) is 4.79 Å². The quantitative estimate of drug-likeness (QED) is 0.660. The molecule has 1 aliphatic heterocycles. The molecule has 2 heterocycles. The average molecular weight is 423 g/mol. The first-order chi connectivity index (χ1) is 15.0. The maximum atomic E-state index is 13.4. The lowest BCUT2D eigenvalue weighted by Crippen LogP contribution is -2.45. The second-order valence-corrected chi connectivity index (χ2v) is 8.24. The maximum Gasteiger partial charge on any atom is 0.251 e. The molecule has 4 rings (SSSR count). The van der Waals surface area contributed by atoms with E-state index in [1.165, 1.54) is 11.9 Å². The number of carbonyl (C=O) groups is 1. The predicted molar refractivity (Wildman–Crippen MR) is 117 cm³/mol. The molecule has 7 nitrogen and oxygen atoms in total. The summed E-state index contributed by atoms with van der Waals surface area (Å²) in [5.41, 5.74) is 4.35. The van der Waals surface area contributed by atoms with E-state index in [0.29, 0.717) is 30.6 Å². The molecule has 1 atom stereocenters. The Hall–Kier alpha value is -3.13. The van der Waals surface area contributed by atoms with Crippen LogP contribution < -0.4 is 5.32 Å². The number of aromatic nitrogens is 4. The summed E-state index contributed by atoms with van der Waals surface area (Å²) in [6.45, 7) is 6.18. The van der Waals surface area contributed by atoms with Gasteiger partial charge in [0, 0.05) is 31.2 Å². The Kier molecular flexibility index (Phi) is 6.36. The van der Waals surface area contributed by atoms with Gasteiger partial charge in [0.1, 0.15) is 12.5 Å². The summed E-state index contributed by atoms with van der Waals surface area (Å²) < 4.78 is 14.9. The lowest BCUT2D eigenvalue weighted by Gasteiger charge is -2.30. The van der Waals surface area contributed by atoms with E-state index < -0.39 is 6.17 Å². The van der Waals surface area contributed by atoms with Crippen LogP contribution in [0, 0.1) is 6.92 Å². The number of alkyl halides is 1. The van der Waals surface area contributed by atoms with Gasteiger partial charge in [0.05, 0.1) is 5.69 Å². The first-order valence-electron chi connectivity index (χ1n) is 10.6. The van der Waals surface area contributed by atoms with Crippen molar-refractivity contribution < 1.29 is 9.18 Å². The van der Waals surface area contributed by atoms with E-state index in [2.05, 4.69) is 25.7 Å². The summed E-state index contributed by atoms with van der Waals surface area (Å²) >= 11 is 0. The van der Waals surface area contributed by atoms with E-state index in [4.69, 9.17) is 0 Å². The van der Waals surface area contributed by atoms with Gasteiger partial charge in [-0.05, 0) is 66.4 Å². The molecule has 0 saturated carbocycles. The van der Waals surface area contributed by atoms with Crippen molar-refractivity contribution in [2.75, 3.05) is 19.6 Å². The molecular weight excluding hydrogens is 395 g/mol. The summed E-state index contributed by atoms with van der Waals surface area (Å²) in [6, 6.07) is 13.7. The minimum atomic E-state index is -0.699. The zero-order chi connectivity index (χ0) is 21.8. The largest absolute Gasteiger partial charge is 0.348 e. The summed E-state index contributed by atoms with van der Waals surface area (Å²) in [6.07, 6.45) is 1.94. The third-order valence-corrected chi connectivity index (χ3v) is 5.61. The number of likely N-dealkylation sites (tertiary alicyclic amines) is 1. The second-order valence-electron chi connectivity index (χ2n) is 8.24. The number of amides is 1. The van der Waals surface area contributed by atoms with Crippen molar-refractivity contribution in [1.82, 2.24) is 30.4 Å². The number of benzene rings is 2. The van der Waals surface area contributed by atoms with E-state index in [1.54, 1.807) is 10.7 Å². The summed E-state index contributed by atoms with van der Waals surface area (Å²) in [5, 5.41) is 14.5. The van der Waals surface area contributed by atoms with Crippen LogP contribution in [-0.4, -0.2) is 62.9 Å². The second kappa shape index (κ2) is 9.34. The average Bonchev–Trinajstić information content (AvgIpc) is 3.30. The van der Waals surface area contributed by atoms with E-state index in [1.807, 2.05) is 50.2 Å². The number of tetrazole rings is 1. The zero-order valence-corrected chi connectivity index (χ0v) is 17.8. The van der Waals surface area contributed by atoms with Crippen LogP contribution >= 0.6 is 0 Å². The van der Waals surface area contributed by atoms with Gasteiger partial charge < -0.3 is 10.2 Å². The maximum absolute atomic E-state index is 13.4. The van der Waals surface area contributed by atoms with Crippen molar-refractivity contribution in [3.8, 4) is 16.8 Å². The fourth-order valence-corrected chi connectivity index (χ4v) is 3.89. The molecule has 1 saturated heterocycles. The molecule has 1 amide bonds. The Morgan fingerprint density at radius 3 is 2.58 bits per heavy atom. The van der Waals surface area contributed by atoms with Crippen molar-refractivity contribution >= 4 is 5.91 Å². The molecule has 8 heteroatoms. The molecule has 162 valence electrons. The van der Waals surface area contributed by atoms with Crippen molar-refractivity contribution in [1.29, 1.82) is 0 Å². The first-order valence-corrected chi connectivity index (χ1v) is 10.6. The van der Waals surface area contributed by atoms with Crippen molar-refractivity contribution in [2.24, 2.45) is 0 Å². The Morgan fingerprint density at radius 1 is 1.16 bits per heavy atom. The lowest BCUT2D eigenvalue weighted by molar-refractivity contribution is 0.0913. The van der Waals surface area contributed by atoms with Crippen molar-refractivity contribution in [3.63, 3.8) is 0 Å². The monoisotopic (exact) mass is 422 g/mol.